The molecule has 0 atom stereocenters. The summed E-state index contributed by atoms with van der Waals surface area (Å²) < 4.78 is 28.7. The van der Waals surface area contributed by atoms with Gasteiger partial charge >= 0.3 is 11.7 Å². The van der Waals surface area contributed by atoms with Crippen molar-refractivity contribution in [2.75, 3.05) is 4.90 Å². The van der Waals surface area contributed by atoms with Crippen LogP contribution in [0.1, 0.15) is 11.4 Å². The second kappa shape index (κ2) is 5.66. The highest BCUT2D eigenvalue weighted by Crippen LogP contribution is 2.23. The molecule has 3 aromatic rings. The van der Waals surface area contributed by atoms with Crippen LogP contribution < -0.4 is 10.6 Å². The molecular weight excluding hydrogens is 330 g/mol. The normalized spacial score (nSPS) is 13.4. The number of carbonyl (C=O) groups excluding carboxylic acids is 1. The van der Waals surface area contributed by atoms with Gasteiger partial charge in [-0.15, -0.1) is 0 Å². The third-order valence-electron chi connectivity index (χ3n) is 3.97. The summed E-state index contributed by atoms with van der Waals surface area (Å²) in [6.07, 6.45) is 0. The van der Waals surface area contributed by atoms with Crippen molar-refractivity contribution in [3.63, 3.8) is 0 Å². The smallest absolute Gasteiger partial charge is 0.286 e. The zero-order valence-electron chi connectivity index (χ0n) is 12.9. The number of halogens is 2. The molecule has 0 saturated heterocycles. The zero-order valence-corrected chi connectivity index (χ0v) is 12.9. The number of hydrogen-bond donors (Lipinski definition) is 0. The first-order chi connectivity index (χ1) is 12.0. The molecule has 0 radical (unpaired) electrons. The van der Waals surface area contributed by atoms with Crippen LogP contribution in [0.25, 0.3) is 0 Å². The number of carbonyl (C=O) groups is 1. The molecule has 0 aliphatic carbocycles. The van der Waals surface area contributed by atoms with Crippen molar-refractivity contribution in [3.8, 4) is 0 Å². The standard InChI is InChI=1S/C17H12F2N4O2/c18-12-4-1-3-11(7-12)9-22-17(25)23-15(20-22)10-21(16(23)24)14-6-2-5-13(19)8-14/h1-8H,9-10H2. The molecule has 0 saturated carbocycles. The van der Waals surface area contributed by atoms with Crippen LogP contribution in [0.15, 0.2) is 53.3 Å². The molecule has 126 valence electrons. The lowest BCUT2D eigenvalue weighted by atomic mass is 10.2. The van der Waals surface area contributed by atoms with Crippen LogP contribution in [-0.2, 0) is 13.1 Å². The Kier molecular flexibility index (Phi) is 3.45. The second-order valence-corrected chi connectivity index (χ2v) is 5.67. The summed E-state index contributed by atoms with van der Waals surface area (Å²) >= 11 is 0. The Labute approximate surface area is 140 Å². The predicted molar refractivity (Wildman–Crippen MR) is 85.4 cm³/mol. The molecule has 25 heavy (non-hydrogen) atoms. The number of aromatic nitrogens is 3. The van der Waals surface area contributed by atoms with E-state index < -0.39 is 23.4 Å². The van der Waals surface area contributed by atoms with Gasteiger partial charge in [-0.05, 0) is 35.9 Å². The molecule has 2 heterocycles. The first kappa shape index (κ1) is 15.3. The number of fused-ring (bicyclic) bond motifs is 1. The first-order valence-corrected chi connectivity index (χ1v) is 7.53. The molecule has 1 aliphatic heterocycles. The van der Waals surface area contributed by atoms with Crippen molar-refractivity contribution in [2.24, 2.45) is 0 Å². The highest BCUT2D eigenvalue weighted by atomic mass is 19.1. The van der Waals surface area contributed by atoms with Crippen molar-refractivity contribution in [1.82, 2.24) is 14.3 Å². The summed E-state index contributed by atoms with van der Waals surface area (Å²) in [6, 6.07) is 10.8. The zero-order chi connectivity index (χ0) is 17.6. The summed E-state index contributed by atoms with van der Waals surface area (Å²) in [5.41, 5.74) is 0.308. The largest absolute Gasteiger partial charge is 0.354 e. The molecule has 0 spiro atoms. The fourth-order valence-corrected chi connectivity index (χ4v) is 2.83. The van der Waals surface area contributed by atoms with Gasteiger partial charge in [0.25, 0.3) is 0 Å². The molecular formula is C17H12F2N4O2. The van der Waals surface area contributed by atoms with Gasteiger partial charge in [0.2, 0.25) is 0 Å². The Morgan fingerprint density at radius 2 is 1.72 bits per heavy atom. The molecule has 6 nitrogen and oxygen atoms in total. The van der Waals surface area contributed by atoms with E-state index in [0.717, 1.165) is 9.25 Å². The van der Waals surface area contributed by atoms with Gasteiger partial charge in [0.15, 0.2) is 5.82 Å². The average molecular weight is 342 g/mol. The van der Waals surface area contributed by atoms with Gasteiger partial charge < -0.3 is 0 Å². The number of amides is 1. The third-order valence-corrected chi connectivity index (χ3v) is 3.97. The Morgan fingerprint density at radius 3 is 2.40 bits per heavy atom. The molecule has 4 rings (SSSR count). The van der Waals surface area contributed by atoms with Crippen molar-refractivity contribution in [2.45, 2.75) is 13.1 Å². The topological polar surface area (TPSA) is 60.1 Å². The number of benzene rings is 2. The van der Waals surface area contributed by atoms with Crippen molar-refractivity contribution in [1.29, 1.82) is 0 Å². The van der Waals surface area contributed by atoms with E-state index >= 15 is 0 Å². The predicted octanol–water partition coefficient (Wildman–Crippen LogP) is 2.36. The molecule has 2 aromatic carbocycles. The van der Waals surface area contributed by atoms with E-state index in [1.54, 1.807) is 12.1 Å². The van der Waals surface area contributed by atoms with Crippen molar-refractivity contribution < 1.29 is 13.6 Å². The van der Waals surface area contributed by atoms with Gasteiger partial charge in [0, 0.05) is 5.69 Å². The van der Waals surface area contributed by atoms with Crippen LogP contribution in [-0.4, -0.2) is 20.4 Å². The number of nitrogens with zero attached hydrogens (tertiary/aromatic N) is 4. The minimum Gasteiger partial charge on any atom is -0.286 e. The highest BCUT2D eigenvalue weighted by Gasteiger charge is 2.33. The summed E-state index contributed by atoms with van der Waals surface area (Å²) in [5, 5.41) is 4.15. The summed E-state index contributed by atoms with van der Waals surface area (Å²) in [5.74, 6) is -0.625. The summed E-state index contributed by atoms with van der Waals surface area (Å²) in [6.45, 7) is 0.123. The lowest BCUT2D eigenvalue weighted by Crippen LogP contribution is -2.35. The fraction of sp³-hybridized carbons (Fsp3) is 0.118. The first-order valence-electron chi connectivity index (χ1n) is 7.53. The lowest BCUT2D eigenvalue weighted by Gasteiger charge is -2.14. The Balaban J connectivity index is 1.65. The van der Waals surface area contributed by atoms with E-state index in [-0.39, 0.29) is 18.9 Å². The van der Waals surface area contributed by atoms with E-state index in [1.807, 2.05) is 0 Å². The molecule has 0 N–H and O–H groups in total. The lowest BCUT2D eigenvalue weighted by molar-refractivity contribution is 0.250. The van der Waals surface area contributed by atoms with Crippen LogP contribution in [0.3, 0.4) is 0 Å². The molecule has 0 fully saturated rings. The highest BCUT2D eigenvalue weighted by molar-refractivity contribution is 5.96. The van der Waals surface area contributed by atoms with E-state index in [0.29, 0.717) is 11.3 Å². The van der Waals surface area contributed by atoms with Gasteiger partial charge in [-0.25, -0.2) is 23.1 Å². The summed E-state index contributed by atoms with van der Waals surface area (Å²) in [4.78, 5) is 26.2. The van der Waals surface area contributed by atoms with Crippen LogP contribution in [0.5, 0.6) is 0 Å². The van der Waals surface area contributed by atoms with E-state index in [4.69, 9.17) is 0 Å². The minimum atomic E-state index is -0.608. The van der Waals surface area contributed by atoms with Gasteiger partial charge in [-0.2, -0.15) is 9.67 Å². The van der Waals surface area contributed by atoms with Crippen LogP contribution in [0.2, 0.25) is 0 Å². The molecule has 1 amide bonds. The Bertz CT molecular complexity index is 1040. The summed E-state index contributed by atoms with van der Waals surface area (Å²) in [7, 11) is 0. The maximum absolute atomic E-state index is 13.4. The van der Waals surface area contributed by atoms with Gasteiger partial charge in [-0.1, -0.05) is 18.2 Å². The monoisotopic (exact) mass is 342 g/mol. The molecule has 1 aliphatic rings. The Hall–Kier alpha value is -3.29. The quantitative estimate of drug-likeness (QED) is 0.734. The van der Waals surface area contributed by atoms with Crippen LogP contribution >= 0.6 is 0 Å². The molecule has 8 heteroatoms. The maximum Gasteiger partial charge on any atom is 0.354 e. The van der Waals surface area contributed by atoms with Gasteiger partial charge in [0.1, 0.15) is 11.6 Å². The van der Waals surface area contributed by atoms with Crippen LogP contribution in [0.4, 0.5) is 19.3 Å². The van der Waals surface area contributed by atoms with Crippen molar-refractivity contribution >= 4 is 11.7 Å². The second-order valence-electron chi connectivity index (χ2n) is 5.67. The molecule has 0 bridgehead atoms. The van der Waals surface area contributed by atoms with E-state index in [1.165, 1.54) is 41.3 Å². The van der Waals surface area contributed by atoms with Gasteiger partial charge in [0.05, 0.1) is 13.1 Å². The van der Waals surface area contributed by atoms with Crippen molar-refractivity contribution in [3.05, 3.63) is 82.0 Å². The van der Waals surface area contributed by atoms with E-state index in [2.05, 4.69) is 5.10 Å². The average Bonchev–Trinajstić information content (AvgIpc) is 3.05. The van der Waals surface area contributed by atoms with Gasteiger partial charge in [-0.3, -0.25) is 4.90 Å². The van der Waals surface area contributed by atoms with Crippen LogP contribution in [0, 0.1) is 11.6 Å². The minimum absolute atomic E-state index is 0.0594. The molecule has 1 aromatic heterocycles. The maximum atomic E-state index is 13.4. The third kappa shape index (κ3) is 2.61. The fourth-order valence-electron chi connectivity index (χ4n) is 2.83. The Morgan fingerprint density at radius 1 is 1.00 bits per heavy atom. The number of anilines is 1. The SMILES string of the molecule is O=C1N(c2cccc(F)c2)Cc2nn(Cc3cccc(F)c3)c(=O)n21. The number of hydrogen-bond acceptors (Lipinski definition) is 3. The molecule has 0 unspecified atom stereocenters. The number of rotatable bonds is 3. The van der Waals surface area contributed by atoms with E-state index in [9.17, 15) is 18.4 Å².